The van der Waals surface area contributed by atoms with Crippen LogP contribution in [0, 0.1) is 11.8 Å². The van der Waals surface area contributed by atoms with Crippen LogP contribution in [-0.2, 0) is 0 Å². The average Bonchev–Trinajstić information content (AvgIpc) is 2.49. The highest BCUT2D eigenvalue weighted by atomic mass is 16.3. The summed E-state index contributed by atoms with van der Waals surface area (Å²) in [4.78, 5) is 4.67. The predicted molar refractivity (Wildman–Crippen MR) is 68.6 cm³/mol. The van der Waals surface area contributed by atoms with E-state index < -0.39 is 5.60 Å². The van der Waals surface area contributed by atoms with Crippen LogP contribution in [0.5, 0.6) is 0 Å². The lowest BCUT2D eigenvalue weighted by Gasteiger charge is -2.33. The molecule has 1 heterocycles. The molecule has 1 rings (SSSR count). The zero-order chi connectivity index (χ0) is 12.3. The van der Waals surface area contributed by atoms with E-state index in [1.165, 1.54) is 19.5 Å². The lowest BCUT2D eigenvalue weighted by Crippen LogP contribution is -2.44. The molecular formula is C13H28N2O. The van der Waals surface area contributed by atoms with Gasteiger partial charge in [-0.1, -0.05) is 13.8 Å². The molecule has 0 aromatic heterocycles. The van der Waals surface area contributed by atoms with E-state index in [0.717, 1.165) is 19.0 Å². The molecule has 1 aliphatic heterocycles. The maximum absolute atomic E-state index is 10.2. The first-order chi connectivity index (χ1) is 7.31. The van der Waals surface area contributed by atoms with Gasteiger partial charge in [0.2, 0.25) is 0 Å². The Balaban J connectivity index is 2.33. The largest absolute Gasteiger partial charge is 0.389 e. The Morgan fingerprint density at radius 2 is 2.12 bits per heavy atom. The van der Waals surface area contributed by atoms with E-state index in [4.69, 9.17) is 0 Å². The summed E-state index contributed by atoms with van der Waals surface area (Å²) >= 11 is 0. The summed E-state index contributed by atoms with van der Waals surface area (Å²) in [6, 6.07) is 0. The summed E-state index contributed by atoms with van der Waals surface area (Å²) in [5.41, 5.74) is -0.570. The molecule has 2 atom stereocenters. The minimum Gasteiger partial charge on any atom is -0.389 e. The van der Waals surface area contributed by atoms with E-state index in [1.54, 1.807) is 0 Å². The molecule has 0 aliphatic carbocycles. The molecule has 1 N–H and O–H groups in total. The molecule has 0 spiro atoms. The molecule has 1 saturated heterocycles. The van der Waals surface area contributed by atoms with E-state index in [9.17, 15) is 5.11 Å². The zero-order valence-electron chi connectivity index (χ0n) is 11.5. The highest BCUT2D eigenvalue weighted by Gasteiger charge is 2.28. The van der Waals surface area contributed by atoms with Gasteiger partial charge < -0.3 is 14.9 Å². The highest BCUT2D eigenvalue weighted by molar-refractivity contribution is 4.82. The van der Waals surface area contributed by atoms with Crippen molar-refractivity contribution in [3.63, 3.8) is 0 Å². The third-order valence-corrected chi connectivity index (χ3v) is 3.89. The van der Waals surface area contributed by atoms with Crippen LogP contribution < -0.4 is 0 Å². The molecule has 0 radical (unpaired) electrons. The molecule has 1 aliphatic rings. The van der Waals surface area contributed by atoms with Crippen LogP contribution in [0.25, 0.3) is 0 Å². The summed E-state index contributed by atoms with van der Waals surface area (Å²) < 4.78 is 0. The van der Waals surface area contributed by atoms with Gasteiger partial charge in [-0.05, 0) is 45.8 Å². The predicted octanol–water partition coefficient (Wildman–Crippen LogP) is 1.28. The fourth-order valence-electron chi connectivity index (χ4n) is 2.41. The third kappa shape index (κ3) is 4.04. The van der Waals surface area contributed by atoms with Gasteiger partial charge in [-0.2, -0.15) is 0 Å². The maximum atomic E-state index is 10.2. The van der Waals surface area contributed by atoms with Crippen molar-refractivity contribution in [2.45, 2.75) is 32.8 Å². The van der Waals surface area contributed by atoms with Crippen LogP contribution in [0.15, 0.2) is 0 Å². The van der Waals surface area contributed by atoms with Crippen LogP contribution in [0.1, 0.15) is 27.2 Å². The van der Waals surface area contributed by atoms with Crippen LogP contribution in [0.2, 0.25) is 0 Å². The Bertz CT molecular complexity index is 216. The molecule has 96 valence electrons. The van der Waals surface area contributed by atoms with Crippen molar-refractivity contribution in [3.8, 4) is 0 Å². The van der Waals surface area contributed by atoms with Gasteiger partial charge in [-0.15, -0.1) is 0 Å². The van der Waals surface area contributed by atoms with Crippen molar-refractivity contribution in [3.05, 3.63) is 0 Å². The first-order valence-electron chi connectivity index (χ1n) is 6.40. The van der Waals surface area contributed by atoms with Crippen molar-refractivity contribution in [1.29, 1.82) is 0 Å². The molecule has 3 heteroatoms. The van der Waals surface area contributed by atoms with E-state index in [0.29, 0.717) is 5.92 Å². The fraction of sp³-hybridized carbons (Fsp3) is 1.00. The maximum Gasteiger partial charge on any atom is 0.0768 e. The molecule has 0 saturated carbocycles. The van der Waals surface area contributed by atoms with E-state index >= 15 is 0 Å². The Morgan fingerprint density at radius 1 is 1.50 bits per heavy atom. The van der Waals surface area contributed by atoms with Gasteiger partial charge in [0.15, 0.2) is 0 Å². The molecule has 16 heavy (non-hydrogen) atoms. The van der Waals surface area contributed by atoms with Crippen LogP contribution in [0.4, 0.5) is 0 Å². The second-order valence-corrected chi connectivity index (χ2v) is 6.13. The van der Waals surface area contributed by atoms with Crippen LogP contribution in [-0.4, -0.2) is 60.8 Å². The quantitative estimate of drug-likeness (QED) is 0.768. The van der Waals surface area contributed by atoms with Crippen LogP contribution in [0.3, 0.4) is 0 Å². The topological polar surface area (TPSA) is 26.7 Å². The molecule has 0 aromatic carbocycles. The lowest BCUT2D eigenvalue weighted by atomic mass is 9.92. The highest BCUT2D eigenvalue weighted by Crippen LogP contribution is 2.20. The average molecular weight is 228 g/mol. The third-order valence-electron chi connectivity index (χ3n) is 3.89. The minimum atomic E-state index is -0.570. The van der Waals surface area contributed by atoms with E-state index in [1.807, 2.05) is 6.92 Å². The smallest absolute Gasteiger partial charge is 0.0768 e. The van der Waals surface area contributed by atoms with E-state index in [2.05, 4.69) is 37.7 Å². The van der Waals surface area contributed by atoms with Gasteiger partial charge in [0, 0.05) is 19.6 Å². The standard InChI is InChI=1S/C13H28N2O/c1-11(2)13(3,16)10-15(5)9-12-6-7-14(4)8-12/h11-12,16H,6-10H2,1-5H3. The van der Waals surface area contributed by atoms with Crippen molar-refractivity contribution in [2.24, 2.45) is 11.8 Å². The first-order valence-corrected chi connectivity index (χ1v) is 6.40. The molecule has 0 bridgehead atoms. The summed E-state index contributed by atoms with van der Waals surface area (Å²) in [6.07, 6.45) is 1.30. The van der Waals surface area contributed by atoms with Crippen LogP contribution >= 0.6 is 0 Å². The molecule has 3 nitrogen and oxygen atoms in total. The SMILES string of the molecule is CC(C)C(C)(O)CN(C)CC1CCN(C)C1. The molecule has 2 unspecified atom stereocenters. The molecule has 0 amide bonds. The monoisotopic (exact) mass is 228 g/mol. The Morgan fingerprint density at radius 3 is 2.56 bits per heavy atom. The Hall–Kier alpha value is -0.120. The van der Waals surface area contributed by atoms with Crippen molar-refractivity contribution >= 4 is 0 Å². The normalized spacial score (nSPS) is 26.6. The number of nitrogens with zero attached hydrogens (tertiary/aromatic N) is 2. The summed E-state index contributed by atoms with van der Waals surface area (Å²) in [5, 5.41) is 10.2. The molecule has 0 aromatic rings. The molecule has 1 fully saturated rings. The zero-order valence-corrected chi connectivity index (χ0v) is 11.5. The van der Waals surface area contributed by atoms with Crippen molar-refractivity contribution in [2.75, 3.05) is 40.3 Å². The number of aliphatic hydroxyl groups is 1. The number of likely N-dealkylation sites (tertiary alicyclic amines) is 1. The number of rotatable bonds is 5. The van der Waals surface area contributed by atoms with Gasteiger partial charge in [0.05, 0.1) is 5.60 Å². The van der Waals surface area contributed by atoms with Crippen molar-refractivity contribution < 1.29 is 5.11 Å². The second-order valence-electron chi connectivity index (χ2n) is 6.13. The number of hydrogen-bond donors (Lipinski definition) is 1. The van der Waals surface area contributed by atoms with Gasteiger partial charge in [-0.3, -0.25) is 0 Å². The fourth-order valence-corrected chi connectivity index (χ4v) is 2.41. The van der Waals surface area contributed by atoms with Gasteiger partial charge in [-0.25, -0.2) is 0 Å². The summed E-state index contributed by atoms with van der Waals surface area (Å²) in [7, 11) is 4.31. The summed E-state index contributed by atoms with van der Waals surface area (Å²) in [6.45, 7) is 10.4. The first kappa shape index (κ1) is 13.9. The molecular weight excluding hydrogens is 200 g/mol. The number of likely N-dealkylation sites (N-methyl/N-ethyl adjacent to an activating group) is 1. The van der Waals surface area contributed by atoms with Gasteiger partial charge >= 0.3 is 0 Å². The van der Waals surface area contributed by atoms with Gasteiger partial charge in [0.1, 0.15) is 0 Å². The lowest BCUT2D eigenvalue weighted by molar-refractivity contribution is -0.0154. The van der Waals surface area contributed by atoms with E-state index in [-0.39, 0.29) is 0 Å². The minimum absolute atomic E-state index is 0.307. The Kier molecular flexibility index (Phi) is 4.77. The summed E-state index contributed by atoms with van der Waals surface area (Å²) in [5.74, 6) is 1.08. The second kappa shape index (κ2) is 5.48. The van der Waals surface area contributed by atoms with Gasteiger partial charge in [0.25, 0.3) is 0 Å². The number of hydrogen-bond acceptors (Lipinski definition) is 3. The van der Waals surface area contributed by atoms with Crippen molar-refractivity contribution in [1.82, 2.24) is 9.80 Å². The Labute approximate surface area is 100 Å².